The molecule has 4 heterocycles. The van der Waals surface area contributed by atoms with Crippen molar-refractivity contribution < 1.29 is 35.9 Å². The first-order valence-corrected chi connectivity index (χ1v) is 17.7. The molecule has 1 aliphatic carbocycles. The Morgan fingerprint density at radius 2 is 1.62 bits per heavy atom. The lowest BCUT2D eigenvalue weighted by molar-refractivity contribution is -0.205. The first-order chi connectivity index (χ1) is 24.7. The number of nitrogens with zero attached hydrogens (tertiary/aromatic N) is 6. The van der Waals surface area contributed by atoms with Crippen molar-refractivity contribution in [3.05, 3.63) is 107 Å². The normalized spacial score (nSPS) is 19.0. The third-order valence-corrected chi connectivity index (χ3v) is 11.4. The van der Waals surface area contributed by atoms with E-state index in [1.165, 1.54) is 23.2 Å². The predicted octanol–water partition coefficient (Wildman–Crippen LogP) is 7.06. The average Bonchev–Trinajstić information content (AvgIpc) is 3.67. The van der Waals surface area contributed by atoms with Crippen LogP contribution in [0.1, 0.15) is 45.6 Å². The van der Waals surface area contributed by atoms with Gasteiger partial charge in [-0.3, -0.25) is 19.3 Å². The van der Waals surface area contributed by atoms with Gasteiger partial charge in [0.2, 0.25) is 5.91 Å². The second-order valence-corrected chi connectivity index (χ2v) is 14.9. The quantitative estimate of drug-likeness (QED) is 0.171. The van der Waals surface area contributed by atoms with Crippen LogP contribution >= 0.6 is 11.8 Å². The van der Waals surface area contributed by atoms with Crippen molar-refractivity contribution in [2.24, 2.45) is 16.7 Å². The van der Waals surface area contributed by atoms with Gasteiger partial charge in [0.1, 0.15) is 5.41 Å². The summed E-state index contributed by atoms with van der Waals surface area (Å²) < 4.78 is 82.1. The molecule has 3 fully saturated rings. The summed E-state index contributed by atoms with van der Waals surface area (Å²) in [7, 11) is 0. The fourth-order valence-electron chi connectivity index (χ4n) is 7.15. The van der Waals surface area contributed by atoms with E-state index < -0.39 is 34.7 Å². The molecule has 270 valence electrons. The number of carbonyl (C=O) groups excluding carboxylic acids is 2. The van der Waals surface area contributed by atoms with Crippen LogP contribution in [-0.4, -0.2) is 74.5 Å². The fourth-order valence-corrected chi connectivity index (χ4v) is 8.38. The molecule has 1 unspecified atom stereocenters. The van der Waals surface area contributed by atoms with Crippen molar-refractivity contribution in [3.63, 3.8) is 0 Å². The standard InChI is InChI=1S/C37H32F6N6O2S/c38-36(39,40)28-10-8-26(9-11-28)31-3-1-2-30(46-31)20-52-19-29-18-47(21-34(29)22-48(23-34)33(51)35(12-13-35)37(41,42)43)32(50)27-15-45-49(17-27)16-25-6-4-24(14-44)5-7-25/h1-11,15,17,29H,12-13,16,18-23H2. The summed E-state index contributed by atoms with van der Waals surface area (Å²) in [5.41, 5.74) is -0.0903. The van der Waals surface area contributed by atoms with Crippen molar-refractivity contribution in [3.8, 4) is 17.3 Å². The van der Waals surface area contributed by atoms with Crippen LogP contribution in [0.2, 0.25) is 0 Å². The predicted molar refractivity (Wildman–Crippen MR) is 179 cm³/mol. The highest BCUT2D eigenvalue weighted by Gasteiger charge is 2.71. The van der Waals surface area contributed by atoms with E-state index in [0.717, 1.165) is 17.7 Å². The zero-order valence-corrected chi connectivity index (χ0v) is 28.4. The number of hydrogen-bond donors (Lipinski definition) is 0. The second-order valence-electron chi connectivity index (χ2n) is 13.8. The van der Waals surface area contributed by atoms with Gasteiger partial charge in [0, 0.05) is 49.1 Å². The summed E-state index contributed by atoms with van der Waals surface area (Å²) in [6.07, 6.45) is -6.37. The van der Waals surface area contributed by atoms with Gasteiger partial charge in [0.25, 0.3) is 5.91 Å². The molecule has 2 amide bonds. The number of thioether (sulfide) groups is 1. The summed E-state index contributed by atoms with van der Waals surface area (Å²) >= 11 is 1.54. The Hall–Kier alpha value is -4.84. The Kier molecular flexibility index (Phi) is 9.09. The van der Waals surface area contributed by atoms with Crippen LogP contribution in [0.4, 0.5) is 26.3 Å². The van der Waals surface area contributed by atoms with E-state index in [2.05, 4.69) is 16.2 Å². The number of hydrogen-bond acceptors (Lipinski definition) is 6. The van der Waals surface area contributed by atoms with E-state index in [1.807, 2.05) is 18.2 Å². The topological polar surface area (TPSA) is 95.1 Å². The van der Waals surface area contributed by atoms with E-state index in [1.54, 1.807) is 51.8 Å². The van der Waals surface area contributed by atoms with Gasteiger partial charge < -0.3 is 9.80 Å². The Morgan fingerprint density at radius 1 is 0.923 bits per heavy atom. The SMILES string of the molecule is N#Cc1ccc(Cn2cc(C(=O)N3CC(CSCc4cccc(-c5ccc(C(F)(F)F)cc5)n4)C4(C3)CN(C(=O)C3(C(F)(F)F)CC3)C4)cn2)cc1. The summed E-state index contributed by atoms with van der Waals surface area (Å²) in [6, 6.07) is 19.2. The lowest BCUT2D eigenvalue weighted by Crippen LogP contribution is -2.64. The maximum Gasteiger partial charge on any atom is 0.416 e. The zero-order valence-electron chi connectivity index (χ0n) is 27.6. The summed E-state index contributed by atoms with van der Waals surface area (Å²) in [5, 5.41) is 13.4. The third kappa shape index (κ3) is 6.88. The summed E-state index contributed by atoms with van der Waals surface area (Å²) in [6.45, 7) is 1.26. The van der Waals surface area contributed by atoms with E-state index >= 15 is 0 Å². The number of halogens is 6. The Labute approximate surface area is 299 Å². The smallest absolute Gasteiger partial charge is 0.341 e. The first-order valence-electron chi connectivity index (χ1n) is 16.6. The van der Waals surface area contributed by atoms with Crippen LogP contribution < -0.4 is 0 Å². The molecule has 2 aliphatic heterocycles. The van der Waals surface area contributed by atoms with Crippen molar-refractivity contribution in [1.29, 1.82) is 5.26 Å². The number of benzene rings is 2. The molecular weight excluding hydrogens is 707 g/mol. The molecule has 0 bridgehead atoms. The van der Waals surface area contributed by atoms with Crippen LogP contribution in [0.5, 0.6) is 0 Å². The van der Waals surface area contributed by atoms with E-state index in [0.29, 0.717) is 52.7 Å². The zero-order chi connectivity index (χ0) is 36.9. The number of alkyl halides is 6. The molecule has 15 heteroatoms. The highest BCUT2D eigenvalue weighted by Crippen LogP contribution is 2.60. The van der Waals surface area contributed by atoms with Crippen LogP contribution in [0, 0.1) is 28.1 Å². The van der Waals surface area contributed by atoms with E-state index in [4.69, 9.17) is 5.26 Å². The van der Waals surface area contributed by atoms with Gasteiger partial charge in [-0.05, 0) is 66.5 Å². The van der Waals surface area contributed by atoms with Gasteiger partial charge in [-0.2, -0.15) is 48.5 Å². The molecule has 52 heavy (non-hydrogen) atoms. The molecule has 1 spiro atoms. The summed E-state index contributed by atoms with van der Waals surface area (Å²) in [4.78, 5) is 34.4. The largest absolute Gasteiger partial charge is 0.416 e. The molecule has 1 saturated carbocycles. The molecule has 8 nitrogen and oxygen atoms in total. The van der Waals surface area contributed by atoms with Crippen molar-refractivity contribution in [2.75, 3.05) is 31.9 Å². The highest BCUT2D eigenvalue weighted by molar-refractivity contribution is 7.98. The fraction of sp³-hybridized carbons (Fsp3) is 0.378. The Balaban J connectivity index is 1.03. The Morgan fingerprint density at radius 3 is 2.25 bits per heavy atom. The number of pyridine rings is 1. The van der Waals surface area contributed by atoms with Crippen LogP contribution in [0.3, 0.4) is 0 Å². The maximum absolute atomic E-state index is 13.8. The van der Waals surface area contributed by atoms with E-state index in [-0.39, 0.29) is 44.3 Å². The third-order valence-electron chi connectivity index (χ3n) is 10.3. The van der Waals surface area contributed by atoms with Crippen LogP contribution in [-0.2, 0) is 23.3 Å². The van der Waals surface area contributed by atoms with Gasteiger partial charge in [-0.25, -0.2) is 0 Å². The van der Waals surface area contributed by atoms with Gasteiger partial charge >= 0.3 is 12.4 Å². The van der Waals surface area contributed by atoms with Crippen LogP contribution in [0.25, 0.3) is 11.3 Å². The van der Waals surface area contributed by atoms with Crippen molar-refractivity contribution in [1.82, 2.24) is 24.6 Å². The molecule has 2 aromatic heterocycles. The monoisotopic (exact) mass is 738 g/mol. The van der Waals surface area contributed by atoms with Crippen LogP contribution in [0.15, 0.2) is 79.1 Å². The molecule has 0 N–H and O–H groups in total. The van der Waals surface area contributed by atoms with Gasteiger partial charge in [-0.1, -0.05) is 30.3 Å². The molecule has 2 aromatic carbocycles. The minimum atomic E-state index is -4.61. The second kappa shape index (κ2) is 13.3. The number of carbonyl (C=O) groups is 2. The van der Waals surface area contributed by atoms with Gasteiger partial charge in [0.05, 0.1) is 46.9 Å². The molecule has 1 atom stereocenters. The lowest BCUT2D eigenvalue weighted by Gasteiger charge is -2.52. The molecular formula is C37H32F6N6O2S. The van der Waals surface area contributed by atoms with Gasteiger partial charge in [-0.15, -0.1) is 0 Å². The maximum atomic E-state index is 13.8. The number of nitriles is 1. The number of aromatic nitrogens is 3. The van der Waals surface area contributed by atoms with Crippen molar-refractivity contribution >= 4 is 23.6 Å². The van der Waals surface area contributed by atoms with Gasteiger partial charge in [0.15, 0.2) is 0 Å². The summed E-state index contributed by atoms with van der Waals surface area (Å²) in [5.74, 6) is -0.284. The minimum Gasteiger partial charge on any atom is -0.341 e. The molecule has 4 aromatic rings. The molecule has 0 radical (unpaired) electrons. The lowest BCUT2D eigenvalue weighted by atomic mass is 9.71. The Bertz CT molecular complexity index is 2010. The average molecular weight is 739 g/mol. The number of amides is 2. The molecule has 3 aliphatic rings. The minimum absolute atomic E-state index is 0.123. The molecule has 7 rings (SSSR count). The van der Waals surface area contributed by atoms with Crippen molar-refractivity contribution in [2.45, 2.75) is 37.5 Å². The first kappa shape index (κ1) is 35.6. The molecule has 2 saturated heterocycles. The number of rotatable bonds is 9. The van der Waals surface area contributed by atoms with E-state index in [9.17, 15) is 35.9 Å². The highest BCUT2D eigenvalue weighted by atomic mass is 32.2. The number of likely N-dealkylation sites (tertiary alicyclic amines) is 2.